The zero-order chi connectivity index (χ0) is 58.7. The van der Waals surface area contributed by atoms with E-state index in [1.54, 1.807) is 6.07 Å². The van der Waals surface area contributed by atoms with Crippen molar-refractivity contribution in [3.05, 3.63) is 167 Å². The first-order valence-corrected chi connectivity index (χ1v) is 22.6. The van der Waals surface area contributed by atoms with Crippen molar-refractivity contribution in [1.29, 1.82) is 0 Å². The number of phenolic OH excluding ortho intramolecular Hbond substituents is 1. The molecule has 0 bridgehead atoms. The van der Waals surface area contributed by atoms with E-state index < -0.39 is 66.5 Å². The first-order chi connectivity index (χ1) is 36.2. The second-order valence-electron chi connectivity index (χ2n) is 21.7. The van der Waals surface area contributed by atoms with Crippen LogP contribution in [0, 0.1) is 0 Å². The molecule has 8 aromatic rings. The molecular formula is C62H69N3O. The number of aromatic nitrogens is 3. The lowest BCUT2D eigenvalue weighted by Crippen LogP contribution is -2.17. The average Bonchev–Trinajstić information content (AvgIpc) is 3.59. The van der Waals surface area contributed by atoms with Gasteiger partial charge in [0.1, 0.15) is 11.6 Å². The number of rotatable bonds is 6. The van der Waals surface area contributed by atoms with Crippen LogP contribution in [0.3, 0.4) is 0 Å². The first kappa shape index (κ1) is 32.4. The van der Waals surface area contributed by atoms with Gasteiger partial charge in [-0.15, -0.1) is 0 Å². The number of aromatic hydroxyl groups is 1. The minimum Gasteiger partial charge on any atom is -0.507 e. The third-order valence-corrected chi connectivity index (χ3v) is 12.3. The lowest BCUT2D eigenvalue weighted by atomic mass is 9.78. The Morgan fingerprint density at radius 2 is 1.14 bits per heavy atom. The number of imidazole rings is 1. The van der Waals surface area contributed by atoms with Crippen molar-refractivity contribution in [2.24, 2.45) is 0 Å². The number of nitrogens with zero attached hydrogens (tertiary/aromatic N) is 3. The molecule has 338 valence electrons. The van der Waals surface area contributed by atoms with Crippen LogP contribution in [0.25, 0.3) is 72.7 Å². The van der Waals surface area contributed by atoms with Crippen molar-refractivity contribution >= 4 is 11.0 Å². The molecule has 66 heavy (non-hydrogen) atoms. The molecule has 0 radical (unpaired) electrons. The third kappa shape index (κ3) is 9.12. The number of hydrogen-bond acceptors (Lipinski definition) is 3. The van der Waals surface area contributed by atoms with Gasteiger partial charge in [-0.3, -0.25) is 9.55 Å². The SMILES string of the molecule is [2H]c1c([2H])c(C(C([2H])([2H])[2H])(C([2H])([2H])[2H])C([2H])([2H])[2H])c([2H])c([2H])c1-c1ccnc(-c2cc(-c3cccc4c3nc(-c3cc(C(C)(C)C)cc(C(C)(C)C)c3O)n4-c3ccc(-c4ccccc4)c(C(C)(C)C)c3)cc(C(C)(C)C)c2)c1. The zero-order valence-corrected chi connectivity index (χ0v) is 40.3. The topological polar surface area (TPSA) is 50.9 Å². The highest BCUT2D eigenvalue weighted by molar-refractivity contribution is 5.97. The Morgan fingerprint density at radius 1 is 0.485 bits per heavy atom. The van der Waals surface area contributed by atoms with Gasteiger partial charge in [-0.1, -0.05) is 188 Å². The van der Waals surface area contributed by atoms with Crippen LogP contribution in [0.2, 0.25) is 0 Å². The van der Waals surface area contributed by atoms with Crippen LogP contribution >= 0.6 is 0 Å². The Labute approximate surface area is 413 Å². The molecule has 8 rings (SSSR count). The fourth-order valence-electron chi connectivity index (χ4n) is 8.50. The summed E-state index contributed by atoms with van der Waals surface area (Å²) in [6, 6.07) is 32.3. The maximum Gasteiger partial charge on any atom is 0.149 e. The van der Waals surface area contributed by atoms with E-state index in [2.05, 4.69) is 136 Å². The minimum atomic E-state index is -3.81. The van der Waals surface area contributed by atoms with E-state index in [0.29, 0.717) is 28.2 Å². The summed E-state index contributed by atoms with van der Waals surface area (Å²) >= 11 is 0. The van der Waals surface area contributed by atoms with E-state index >= 15 is 0 Å². The van der Waals surface area contributed by atoms with Crippen LogP contribution in [0.1, 0.15) is 149 Å². The molecule has 1 N–H and O–H groups in total. The van der Waals surface area contributed by atoms with Crippen LogP contribution in [0.5, 0.6) is 5.75 Å². The molecule has 0 unspecified atom stereocenters. The molecule has 0 saturated carbocycles. The predicted octanol–water partition coefficient (Wildman–Crippen LogP) is 16.9. The second kappa shape index (κ2) is 16.6. The van der Waals surface area contributed by atoms with E-state index in [4.69, 9.17) is 27.8 Å². The Bertz CT molecular complexity index is 3610. The van der Waals surface area contributed by atoms with E-state index in [1.165, 1.54) is 12.3 Å². The lowest BCUT2D eigenvalue weighted by molar-refractivity contribution is 0.446. The van der Waals surface area contributed by atoms with E-state index in [0.717, 1.165) is 55.7 Å². The van der Waals surface area contributed by atoms with Crippen molar-refractivity contribution in [2.45, 2.75) is 131 Å². The number of para-hydroxylation sites is 1. The van der Waals surface area contributed by atoms with Gasteiger partial charge in [-0.2, -0.15) is 0 Å². The highest BCUT2D eigenvalue weighted by Gasteiger charge is 2.30. The van der Waals surface area contributed by atoms with Gasteiger partial charge in [0.25, 0.3) is 0 Å². The molecular weight excluding hydrogens is 803 g/mol. The first-order valence-electron chi connectivity index (χ1n) is 29.1. The van der Waals surface area contributed by atoms with E-state index in [9.17, 15) is 5.11 Å². The van der Waals surface area contributed by atoms with Crippen molar-refractivity contribution < 1.29 is 22.9 Å². The Morgan fingerprint density at radius 3 is 1.77 bits per heavy atom. The van der Waals surface area contributed by atoms with Gasteiger partial charge in [0.15, 0.2) is 0 Å². The van der Waals surface area contributed by atoms with Gasteiger partial charge < -0.3 is 5.11 Å². The van der Waals surface area contributed by atoms with Gasteiger partial charge in [-0.05, 0) is 126 Å². The van der Waals surface area contributed by atoms with Gasteiger partial charge in [-0.25, -0.2) is 4.98 Å². The van der Waals surface area contributed by atoms with Crippen molar-refractivity contribution in [2.75, 3.05) is 0 Å². The fourth-order valence-corrected chi connectivity index (χ4v) is 8.50. The van der Waals surface area contributed by atoms with Crippen molar-refractivity contribution in [3.63, 3.8) is 0 Å². The molecule has 0 saturated heterocycles. The summed E-state index contributed by atoms with van der Waals surface area (Å²) in [6.45, 7) is 14.2. The molecule has 2 aromatic heterocycles. The molecule has 0 atom stereocenters. The molecule has 6 aromatic carbocycles. The van der Waals surface area contributed by atoms with Gasteiger partial charge in [0.05, 0.1) is 27.8 Å². The zero-order valence-electron chi connectivity index (χ0n) is 53.3. The molecule has 0 aliphatic heterocycles. The Balaban J connectivity index is 1.40. The molecule has 0 fully saturated rings. The van der Waals surface area contributed by atoms with Crippen LogP contribution in [0.15, 0.2) is 140 Å². The van der Waals surface area contributed by atoms with E-state index in [1.807, 2.05) is 48.5 Å². The molecule has 0 amide bonds. The van der Waals surface area contributed by atoms with Crippen molar-refractivity contribution in [1.82, 2.24) is 14.5 Å². The monoisotopic (exact) mass is 885 g/mol. The van der Waals surface area contributed by atoms with Crippen LogP contribution in [-0.4, -0.2) is 19.6 Å². The number of hydrogen-bond donors (Lipinski definition) is 1. The molecule has 0 spiro atoms. The second-order valence-corrected chi connectivity index (χ2v) is 21.7. The van der Waals surface area contributed by atoms with Gasteiger partial charge in [0, 0.05) is 40.9 Å². The highest BCUT2D eigenvalue weighted by atomic mass is 16.3. The van der Waals surface area contributed by atoms with Crippen LogP contribution in [0.4, 0.5) is 0 Å². The predicted molar refractivity (Wildman–Crippen MR) is 281 cm³/mol. The smallest absolute Gasteiger partial charge is 0.149 e. The quantitative estimate of drug-likeness (QED) is 0.181. The van der Waals surface area contributed by atoms with Gasteiger partial charge in [0.2, 0.25) is 0 Å². The largest absolute Gasteiger partial charge is 0.507 e. The highest BCUT2D eigenvalue weighted by Crippen LogP contribution is 2.46. The summed E-state index contributed by atoms with van der Waals surface area (Å²) in [6.07, 6.45) is 1.44. The van der Waals surface area contributed by atoms with Crippen molar-refractivity contribution in [3.8, 4) is 67.5 Å². The number of phenols is 1. The summed E-state index contributed by atoms with van der Waals surface area (Å²) in [5, 5.41) is 12.6. The van der Waals surface area contributed by atoms with Crippen LogP contribution < -0.4 is 0 Å². The van der Waals surface area contributed by atoms with E-state index in [-0.39, 0.29) is 27.7 Å². The fraction of sp³-hybridized carbons (Fsp3) is 0.323. The molecule has 0 aliphatic rings. The normalized spacial score (nSPS) is 16.3. The minimum absolute atomic E-state index is 0.140. The van der Waals surface area contributed by atoms with Crippen LogP contribution in [-0.2, 0) is 27.1 Å². The molecule has 4 heteroatoms. The standard InChI is InChI=1S/C62H69N3O/c1-58(2,3)44-26-24-39(25-27-44)41-30-31-63-53(35-41)43-32-42(33-45(34-43)59(4,5)6)49-22-19-23-54-55(49)64-57(50-36-46(60(7,8)9)37-52(56(50)66)62(13,14)15)65(54)47-28-29-48(40-20-17-16-18-21-40)51(38-47)61(10,11)12/h16-38,66H,1-15H3/i1D3,2D3,3D3,24D,25D,26D,27D. The molecule has 2 heterocycles. The maximum absolute atomic E-state index is 12.6. The third-order valence-electron chi connectivity index (χ3n) is 12.3. The summed E-state index contributed by atoms with van der Waals surface area (Å²) < 4.78 is 113. The number of fused-ring (bicyclic) bond motifs is 1. The summed E-state index contributed by atoms with van der Waals surface area (Å²) in [4.78, 5) is 10.3. The Hall–Kier alpha value is -6.26. The summed E-state index contributed by atoms with van der Waals surface area (Å²) in [7, 11) is 0. The number of pyridine rings is 1. The lowest BCUT2D eigenvalue weighted by Gasteiger charge is -2.28. The van der Waals surface area contributed by atoms with Gasteiger partial charge >= 0.3 is 0 Å². The average molecular weight is 885 g/mol. The maximum atomic E-state index is 12.6. The molecule has 4 nitrogen and oxygen atoms in total. The molecule has 0 aliphatic carbocycles. The number of benzene rings is 6. The summed E-state index contributed by atoms with van der Waals surface area (Å²) in [5.41, 5.74) is 4.93. The summed E-state index contributed by atoms with van der Waals surface area (Å²) in [5.74, 6) is 0.686. The Kier molecular flexibility index (Phi) is 8.13.